The monoisotopic (exact) mass is 434 g/mol. The molecule has 0 saturated carbocycles. The summed E-state index contributed by atoms with van der Waals surface area (Å²) in [6.07, 6.45) is 0.414. The summed E-state index contributed by atoms with van der Waals surface area (Å²) in [6.45, 7) is 2.87. The van der Waals surface area contributed by atoms with Gasteiger partial charge in [-0.05, 0) is 37.1 Å². The minimum absolute atomic E-state index is 0.0523. The Bertz CT molecular complexity index is 997. The predicted octanol–water partition coefficient (Wildman–Crippen LogP) is 2.15. The van der Waals surface area contributed by atoms with Crippen LogP contribution in [0.3, 0.4) is 0 Å². The maximum absolute atomic E-state index is 13.7. The van der Waals surface area contributed by atoms with Gasteiger partial charge in [0.05, 0.1) is 18.0 Å². The van der Waals surface area contributed by atoms with Crippen molar-refractivity contribution >= 4 is 21.7 Å². The number of guanidine groups is 1. The first-order chi connectivity index (χ1) is 14.4. The highest BCUT2D eigenvalue weighted by atomic mass is 32.2. The first kappa shape index (κ1) is 21.9. The van der Waals surface area contributed by atoms with Gasteiger partial charge in [0.2, 0.25) is 10.0 Å². The molecule has 1 atom stereocenters. The third kappa shape index (κ3) is 5.41. The highest BCUT2D eigenvalue weighted by molar-refractivity contribution is 7.92. The van der Waals surface area contributed by atoms with Crippen molar-refractivity contribution in [1.82, 2.24) is 10.6 Å². The van der Waals surface area contributed by atoms with E-state index in [1.807, 2.05) is 31.2 Å². The quantitative estimate of drug-likeness (QED) is 0.491. The van der Waals surface area contributed by atoms with Gasteiger partial charge in [-0.2, -0.15) is 0 Å². The fourth-order valence-electron chi connectivity index (χ4n) is 3.27. The summed E-state index contributed by atoms with van der Waals surface area (Å²) in [5.41, 5.74) is 1.81. The highest BCUT2D eigenvalue weighted by Crippen LogP contribution is 2.29. The number of nitrogens with one attached hydrogen (secondary N) is 2. The van der Waals surface area contributed by atoms with E-state index in [-0.39, 0.29) is 24.2 Å². The number of fused-ring (bicyclic) bond motifs is 1. The second kappa shape index (κ2) is 9.80. The van der Waals surface area contributed by atoms with Gasteiger partial charge in [0.15, 0.2) is 17.5 Å². The van der Waals surface area contributed by atoms with Crippen molar-refractivity contribution in [2.24, 2.45) is 4.99 Å². The smallest absolute Gasteiger partial charge is 0.236 e. The van der Waals surface area contributed by atoms with E-state index in [2.05, 4.69) is 15.6 Å². The Morgan fingerprint density at radius 1 is 1.20 bits per heavy atom. The van der Waals surface area contributed by atoms with Crippen LogP contribution in [0.5, 0.6) is 5.75 Å². The summed E-state index contributed by atoms with van der Waals surface area (Å²) in [4.78, 5) is 4.09. The molecular formula is C21H27FN4O3S. The van der Waals surface area contributed by atoms with Crippen LogP contribution in [0.4, 0.5) is 10.1 Å². The number of sulfonamides is 1. The maximum atomic E-state index is 13.7. The molecule has 0 spiro atoms. The van der Waals surface area contributed by atoms with E-state index in [9.17, 15) is 12.8 Å². The number of hydrogen-bond acceptors (Lipinski definition) is 4. The molecule has 0 bridgehead atoms. The third-order valence-corrected chi connectivity index (χ3v) is 6.55. The highest BCUT2D eigenvalue weighted by Gasteiger charge is 2.28. The van der Waals surface area contributed by atoms with Crippen LogP contribution in [0.25, 0.3) is 0 Å². The van der Waals surface area contributed by atoms with Gasteiger partial charge in [0.25, 0.3) is 0 Å². The topological polar surface area (TPSA) is 83.0 Å². The molecule has 1 unspecified atom stereocenters. The maximum Gasteiger partial charge on any atom is 0.236 e. The Kier molecular flexibility index (Phi) is 7.15. The summed E-state index contributed by atoms with van der Waals surface area (Å²) >= 11 is 0. The molecule has 1 aliphatic rings. The van der Waals surface area contributed by atoms with E-state index in [4.69, 9.17) is 4.74 Å². The molecule has 0 saturated heterocycles. The normalized spacial score (nSPS) is 14.9. The SMILES string of the molecule is CN=C(NCCS(=O)(=O)N1CCc2ccccc21)NCC(C)Oc1ccccc1F. The van der Waals surface area contributed by atoms with Crippen LogP contribution in [0.15, 0.2) is 53.5 Å². The molecule has 0 radical (unpaired) electrons. The third-order valence-electron chi connectivity index (χ3n) is 4.78. The second-order valence-corrected chi connectivity index (χ2v) is 9.02. The standard InChI is InChI=1S/C21H27FN4O3S/c1-16(29-20-10-6-4-8-18(20)22)15-25-21(23-2)24-12-14-30(27,28)26-13-11-17-7-3-5-9-19(17)26/h3-10,16H,11-15H2,1-2H3,(H2,23,24,25). The van der Waals surface area contributed by atoms with Crippen LogP contribution < -0.4 is 19.7 Å². The summed E-state index contributed by atoms with van der Waals surface area (Å²) in [7, 11) is -1.83. The molecule has 2 aromatic rings. The molecule has 162 valence electrons. The van der Waals surface area contributed by atoms with Crippen LogP contribution >= 0.6 is 0 Å². The Labute approximate surface area is 177 Å². The lowest BCUT2D eigenvalue weighted by Crippen LogP contribution is -2.44. The Hall–Kier alpha value is -2.81. The van der Waals surface area contributed by atoms with Crippen LogP contribution in [0.1, 0.15) is 12.5 Å². The summed E-state index contributed by atoms with van der Waals surface area (Å²) in [5.74, 6) is 0.173. The van der Waals surface area contributed by atoms with E-state index in [0.29, 0.717) is 19.0 Å². The molecule has 7 nitrogen and oxygen atoms in total. The molecule has 0 fully saturated rings. The number of aliphatic imine (C=N–C) groups is 1. The van der Waals surface area contributed by atoms with Crippen molar-refractivity contribution in [1.29, 1.82) is 0 Å². The number of para-hydroxylation sites is 2. The lowest BCUT2D eigenvalue weighted by molar-refractivity contribution is 0.214. The number of benzene rings is 2. The Morgan fingerprint density at radius 3 is 2.70 bits per heavy atom. The molecule has 0 amide bonds. The number of ether oxygens (including phenoxy) is 1. The van der Waals surface area contributed by atoms with E-state index in [1.54, 1.807) is 25.2 Å². The van der Waals surface area contributed by atoms with Crippen molar-refractivity contribution in [3.8, 4) is 5.75 Å². The minimum Gasteiger partial charge on any atom is -0.486 e. The number of nitrogens with zero attached hydrogens (tertiary/aromatic N) is 2. The molecular weight excluding hydrogens is 407 g/mol. The zero-order chi connectivity index (χ0) is 21.6. The average Bonchev–Trinajstić information content (AvgIpc) is 3.17. The Balaban J connectivity index is 1.46. The lowest BCUT2D eigenvalue weighted by Gasteiger charge is -2.21. The van der Waals surface area contributed by atoms with E-state index >= 15 is 0 Å². The van der Waals surface area contributed by atoms with Gasteiger partial charge in [-0.25, -0.2) is 12.8 Å². The first-order valence-corrected chi connectivity index (χ1v) is 11.5. The molecule has 30 heavy (non-hydrogen) atoms. The van der Waals surface area contributed by atoms with Gasteiger partial charge in [0, 0.05) is 20.1 Å². The fourth-order valence-corrected chi connectivity index (χ4v) is 4.69. The van der Waals surface area contributed by atoms with Crippen molar-refractivity contribution in [2.45, 2.75) is 19.4 Å². The summed E-state index contributed by atoms with van der Waals surface area (Å²) < 4.78 is 46.2. The number of anilines is 1. The van der Waals surface area contributed by atoms with E-state index in [0.717, 1.165) is 17.7 Å². The molecule has 3 rings (SSSR count). The molecule has 0 aromatic heterocycles. The van der Waals surface area contributed by atoms with Crippen molar-refractivity contribution < 1.29 is 17.5 Å². The molecule has 2 aromatic carbocycles. The largest absolute Gasteiger partial charge is 0.486 e. The van der Waals surface area contributed by atoms with Crippen LogP contribution in [-0.4, -0.2) is 52.9 Å². The van der Waals surface area contributed by atoms with Crippen LogP contribution in [0, 0.1) is 5.82 Å². The van der Waals surface area contributed by atoms with E-state index in [1.165, 1.54) is 10.4 Å². The van der Waals surface area contributed by atoms with Crippen LogP contribution in [0.2, 0.25) is 0 Å². The second-order valence-electron chi connectivity index (χ2n) is 7.01. The van der Waals surface area contributed by atoms with Gasteiger partial charge >= 0.3 is 0 Å². The van der Waals surface area contributed by atoms with Gasteiger partial charge < -0.3 is 15.4 Å². The number of rotatable bonds is 8. The molecule has 0 aliphatic carbocycles. The molecule has 1 aliphatic heterocycles. The van der Waals surface area contributed by atoms with Gasteiger partial charge in [-0.1, -0.05) is 30.3 Å². The first-order valence-electron chi connectivity index (χ1n) is 9.85. The number of hydrogen-bond donors (Lipinski definition) is 2. The van der Waals surface area contributed by atoms with E-state index < -0.39 is 15.8 Å². The van der Waals surface area contributed by atoms with Crippen molar-refractivity contribution in [3.63, 3.8) is 0 Å². The van der Waals surface area contributed by atoms with Gasteiger partial charge in [-0.15, -0.1) is 0 Å². The Morgan fingerprint density at radius 2 is 1.93 bits per heavy atom. The predicted molar refractivity (Wildman–Crippen MR) is 117 cm³/mol. The van der Waals surface area contributed by atoms with Gasteiger partial charge in [0.1, 0.15) is 6.10 Å². The summed E-state index contributed by atoms with van der Waals surface area (Å²) in [6, 6.07) is 13.8. The fraction of sp³-hybridized carbons (Fsp3) is 0.381. The zero-order valence-electron chi connectivity index (χ0n) is 17.1. The van der Waals surface area contributed by atoms with Gasteiger partial charge in [-0.3, -0.25) is 9.30 Å². The zero-order valence-corrected chi connectivity index (χ0v) is 18.0. The molecule has 2 N–H and O–H groups in total. The lowest BCUT2D eigenvalue weighted by atomic mass is 10.2. The van der Waals surface area contributed by atoms with Crippen LogP contribution in [-0.2, 0) is 16.4 Å². The van der Waals surface area contributed by atoms with Crippen molar-refractivity contribution in [3.05, 3.63) is 59.9 Å². The minimum atomic E-state index is -3.43. The summed E-state index contributed by atoms with van der Waals surface area (Å²) in [5, 5.41) is 6.07. The molecule has 9 heteroatoms. The average molecular weight is 435 g/mol. The number of halogens is 1. The molecule has 1 heterocycles. The van der Waals surface area contributed by atoms with Crippen molar-refractivity contribution in [2.75, 3.05) is 36.7 Å².